The van der Waals surface area contributed by atoms with E-state index in [0.717, 1.165) is 31.9 Å². The molecule has 2 N–H and O–H groups in total. The van der Waals surface area contributed by atoms with Crippen molar-refractivity contribution in [3.05, 3.63) is 23.2 Å². The van der Waals surface area contributed by atoms with E-state index in [1.54, 1.807) is 6.07 Å². The summed E-state index contributed by atoms with van der Waals surface area (Å²) >= 11 is 6.21. The molecule has 0 saturated carbocycles. The van der Waals surface area contributed by atoms with Crippen LogP contribution in [0.1, 0.15) is 13.8 Å². The minimum Gasteiger partial charge on any atom is -0.399 e. The molecule has 1 aromatic carbocycles. The van der Waals surface area contributed by atoms with Gasteiger partial charge in [-0.25, -0.2) is 0 Å². The number of nitrogen functional groups attached to an aromatic ring is 1. The van der Waals surface area contributed by atoms with Crippen molar-refractivity contribution >= 4 is 28.9 Å². The summed E-state index contributed by atoms with van der Waals surface area (Å²) in [4.78, 5) is 16.0. The second kappa shape index (κ2) is 5.70. The first-order chi connectivity index (χ1) is 8.99. The van der Waals surface area contributed by atoms with Crippen LogP contribution in [0.15, 0.2) is 18.2 Å². The second-order valence-corrected chi connectivity index (χ2v) is 5.59. The molecule has 1 fully saturated rings. The molecule has 1 saturated heterocycles. The summed E-state index contributed by atoms with van der Waals surface area (Å²) in [6.45, 7) is 6.98. The van der Waals surface area contributed by atoms with Crippen molar-refractivity contribution in [2.24, 2.45) is 5.92 Å². The summed E-state index contributed by atoms with van der Waals surface area (Å²) < 4.78 is 0. The number of nitrogens with two attached hydrogens (primary N) is 1. The standard InChI is InChI=1S/C14H20ClN3O/c1-10(2)14(19)18-7-5-17(6-8-18)13-4-3-11(16)9-12(13)15/h3-4,9-10H,5-8,16H2,1-2H3. The number of hydrogen-bond acceptors (Lipinski definition) is 3. The van der Waals surface area contributed by atoms with E-state index in [1.165, 1.54) is 0 Å². The van der Waals surface area contributed by atoms with Gasteiger partial charge in [-0.05, 0) is 18.2 Å². The molecule has 4 nitrogen and oxygen atoms in total. The highest BCUT2D eigenvalue weighted by Gasteiger charge is 2.23. The Hall–Kier alpha value is -1.42. The van der Waals surface area contributed by atoms with Crippen LogP contribution in [0.2, 0.25) is 5.02 Å². The van der Waals surface area contributed by atoms with E-state index < -0.39 is 0 Å². The van der Waals surface area contributed by atoms with Gasteiger partial charge in [0.2, 0.25) is 5.91 Å². The van der Waals surface area contributed by atoms with Crippen molar-refractivity contribution in [1.29, 1.82) is 0 Å². The minimum absolute atomic E-state index is 0.0617. The van der Waals surface area contributed by atoms with E-state index in [1.807, 2.05) is 30.9 Å². The van der Waals surface area contributed by atoms with Gasteiger partial charge >= 0.3 is 0 Å². The molecule has 0 unspecified atom stereocenters. The number of piperazine rings is 1. The molecule has 0 spiro atoms. The Labute approximate surface area is 119 Å². The summed E-state index contributed by atoms with van der Waals surface area (Å²) in [5, 5.41) is 0.670. The Kier molecular flexibility index (Phi) is 4.20. The number of amides is 1. The van der Waals surface area contributed by atoms with Gasteiger partial charge in [-0.3, -0.25) is 4.79 Å². The smallest absolute Gasteiger partial charge is 0.225 e. The molecule has 1 aromatic rings. The van der Waals surface area contributed by atoms with Gasteiger partial charge in [0.1, 0.15) is 0 Å². The largest absolute Gasteiger partial charge is 0.399 e. The third-order valence-electron chi connectivity index (χ3n) is 3.40. The molecule has 1 amide bonds. The normalized spacial score (nSPS) is 16.0. The van der Waals surface area contributed by atoms with E-state index >= 15 is 0 Å². The highest BCUT2D eigenvalue weighted by atomic mass is 35.5. The summed E-state index contributed by atoms with van der Waals surface area (Å²) in [6.07, 6.45) is 0. The van der Waals surface area contributed by atoms with Gasteiger partial charge in [-0.15, -0.1) is 0 Å². The van der Waals surface area contributed by atoms with Crippen molar-refractivity contribution in [2.75, 3.05) is 36.8 Å². The summed E-state index contributed by atoms with van der Waals surface area (Å²) in [5.41, 5.74) is 7.36. The Morgan fingerprint density at radius 3 is 2.42 bits per heavy atom. The molecule has 5 heteroatoms. The number of anilines is 2. The Balaban J connectivity index is 2.02. The van der Waals surface area contributed by atoms with Crippen LogP contribution in [0.4, 0.5) is 11.4 Å². The zero-order valence-electron chi connectivity index (χ0n) is 11.4. The van der Waals surface area contributed by atoms with Gasteiger partial charge in [0.25, 0.3) is 0 Å². The molecule has 0 aliphatic carbocycles. The maximum atomic E-state index is 11.9. The van der Waals surface area contributed by atoms with Crippen LogP contribution in [-0.4, -0.2) is 37.0 Å². The zero-order chi connectivity index (χ0) is 14.0. The summed E-state index contributed by atoms with van der Waals surface area (Å²) in [6, 6.07) is 5.56. The zero-order valence-corrected chi connectivity index (χ0v) is 12.2. The van der Waals surface area contributed by atoms with E-state index in [0.29, 0.717) is 10.7 Å². The number of hydrogen-bond donors (Lipinski definition) is 1. The van der Waals surface area contributed by atoms with Crippen molar-refractivity contribution in [2.45, 2.75) is 13.8 Å². The molecule has 0 atom stereocenters. The molecule has 0 radical (unpaired) electrons. The summed E-state index contributed by atoms with van der Waals surface area (Å²) in [7, 11) is 0. The number of benzene rings is 1. The Morgan fingerprint density at radius 2 is 1.89 bits per heavy atom. The number of rotatable bonds is 2. The third-order valence-corrected chi connectivity index (χ3v) is 3.70. The molecule has 104 valence electrons. The maximum absolute atomic E-state index is 11.9. The van der Waals surface area contributed by atoms with Crippen LogP contribution in [-0.2, 0) is 4.79 Å². The molecule has 0 bridgehead atoms. The molecular formula is C14H20ClN3O. The number of carbonyl (C=O) groups excluding carboxylic acids is 1. The minimum atomic E-state index is 0.0617. The van der Waals surface area contributed by atoms with Crippen LogP contribution >= 0.6 is 11.6 Å². The predicted molar refractivity (Wildman–Crippen MR) is 79.5 cm³/mol. The van der Waals surface area contributed by atoms with E-state index in [-0.39, 0.29) is 11.8 Å². The third kappa shape index (κ3) is 3.13. The molecule has 2 rings (SSSR count). The Bertz CT molecular complexity index is 468. The quantitative estimate of drug-likeness (QED) is 0.846. The van der Waals surface area contributed by atoms with E-state index in [4.69, 9.17) is 17.3 Å². The molecule has 19 heavy (non-hydrogen) atoms. The van der Waals surface area contributed by atoms with Crippen LogP contribution in [0.5, 0.6) is 0 Å². The van der Waals surface area contributed by atoms with Gasteiger partial charge in [-0.1, -0.05) is 25.4 Å². The molecule has 1 heterocycles. The van der Waals surface area contributed by atoms with Crippen LogP contribution in [0.3, 0.4) is 0 Å². The highest BCUT2D eigenvalue weighted by molar-refractivity contribution is 6.33. The number of carbonyl (C=O) groups is 1. The molecular weight excluding hydrogens is 262 g/mol. The second-order valence-electron chi connectivity index (χ2n) is 5.18. The molecule has 1 aliphatic rings. The number of halogens is 1. The van der Waals surface area contributed by atoms with Crippen LogP contribution < -0.4 is 10.6 Å². The first kappa shape index (κ1) is 14.0. The maximum Gasteiger partial charge on any atom is 0.225 e. The summed E-state index contributed by atoms with van der Waals surface area (Å²) in [5.74, 6) is 0.287. The monoisotopic (exact) mass is 281 g/mol. The number of nitrogens with zero attached hydrogens (tertiary/aromatic N) is 2. The topological polar surface area (TPSA) is 49.6 Å². The molecule has 0 aromatic heterocycles. The molecule has 1 aliphatic heterocycles. The fourth-order valence-corrected chi connectivity index (χ4v) is 2.62. The van der Waals surface area contributed by atoms with Crippen molar-refractivity contribution < 1.29 is 4.79 Å². The lowest BCUT2D eigenvalue weighted by atomic mass is 10.1. The van der Waals surface area contributed by atoms with Gasteiger partial charge in [0.05, 0.1) is 10.7 Å². The predicted octanol–water partition coefficient (Wildman–Crippen LogP) is 2.23. The van der Waals surface area contributed by atoms with Crippen LogP contribution in [0.25, 0.3) is 0 Å². The van der Waals surface area contributed by atoms with E-state index in [2.05, 4.69) is 4.90 Å². The van der Waals surface area contributed by atoms with Gasteiger partial charge in [-0.2, -0.15) is 0 Å². The first-order valence-electron chi connectivity index (χ1n) is 6.58. The first-order valence-corrected chi connectivity index (χ1v) is 6.95. The average molecular weight is 282 g/mol. The fraction of sp³-hybridized carbons (Fsp3) is 0.500. The highest BCUT2D eigenvalue weighted by Crippen LogP contribution is 2.28. The lowest BCUT2D eigenvalue weighted by Gasteiger charge is -2.37. The van der Waals surface area contributed by atoms with Gasteiger partial charge in [0, 0.05) is 37.8 Å². The lowest BCUT2D eigenvalue weighted by molar-refractivity contribution is -0.134. The van der Waals surface area contributed by atoms with Crippen molar-refractivity contribution in [3.63, 3.8) is 0 Å². The van der Waals surface area contributed by atoms with E-state index in [9.17, 15) is 4.79 Å². The van der Waals surface area contributed by atoms with Gasteiger partial charge in [0.15, 0.2) is 0 Å². The van der Waals surface area contributed by atoms with Crippen molar-refractivity contribution in [3.8, 4) is 0 Å². The lowest BCUT2D eigenvalue weighted by Crippen LogP contribution is -2.50. The SMILES string of the molecule is CC(C)C(=O)N1CCN(c2ccc(N)cc2Cl)CC1. The fourth-order valence-electron chi connectivity index (χ4n) is 2.31. The van der Waals surface area contributed by atoms with Crippen LogP contribution in [0, 0.1) is 5.92 Å². The average Bonchev–Trinajstić information content (AvgIpc) is 2.38. The van der Waals surface area contributed by atoms with Gasteiger partial charge < -0.3 is 15.5 Å². The Morgan fingerprint density at radius 1 is 1.26 bits per heavy atom. The van der Waals surface area contributed by atoms with Crippen molar-refractivity contribution in [1.82, 2.24) is 4.90 Å².